The van der Waals surface area contributed by atoms with E-state index < -0.39 is 0 Å². The predicted molar refractivity (Wildman–Crippen MR) is 147 cm³/mol. The quantitative estimate of drug-likeness (QED) is 0.482. The maximum absolute atomic E-state index is 14.1. The van der Waals surface area contributed by atoms with Crippen molar-refractivity contribution >= 4 is 29.0 Å². The van der Waals surface area contributed by atoms with Crippen molar-refractivity contribution in [3.05, 3.63) is 81.8 Å². The van der Waals surface area contributed by atoms with Gasteiger partial charge in [0.05, 0.1) is 19.2 Å². The molecule has 3 aromatic rings. The Morgan fingerprint density at radius 3 is 2.61 bits per heavy atom. The molecule has 1 atom stereocenters. The second-order valence-corrected chi connectivity index (χ2v) is 10.6. The van der Waals surface area contributed by atoms with Crippen LogP contribution in [0.1, 0.15) is 35.4 Å². The normalized spacial score (nSPS) is 18.0. The molecular formula is C29H33FN4O3S. The van der Waals surface area contributed by atoms with Gasteiger partial charge in [-0.05, 0) is 78.7 Å². The highest BCUT2D eigenvalue weighted by atomic mass is 32.1. The summed E-state index contributed by atoms with van der Waals surface area (Å²) in [6.45, 7) is 5.66. The lowest BCUT2D eigenvalue weighted by atomic mass is 9.93. The number of amides is 3. The standard InChI is InChI=1S/C29H33FN4O3S/c1-2-37-24-9-7-23(8-10-24)31-29(36)33-14-4-13-32(16-17-33)27(35)20-34-15-11-26-25(12-18-38-26)28(34)21-5-3-6-22(30)19-21/h3,5-10,12,18-19,28H,2,4,11,13-17,20H2,1H3,(H,31,36)/t28-/m1/s1. The minimum atomic E-state index is -0.271. The Morgan fingerprint density at radius 1 is 1.03 bits per heavy atom. The molecule has 1 aromatic heterocycles. The number of urea groups is 1. The van der Waals surface area contributed by atoms with Crippen LogP contribution in [0, 0.1) is 5.82 Å². The summed E-state index contributed by atoms with van der Waals surface area (Å²) in [5.74, 6) is 0.532. The SMILES string of the molecule is CCOc1ccc(NC(=O)N2CCCN(C(=O)CN3CCc4sccc4[C@H]3c3cccc(F)c3)CC2)cc1. The van der Waals surface area contributed by atoms with Gasteiger partial charge in [0.25, 0.3) is 0 Å². The minimum absolute atomic E-state index is 0.0406. The van der Waals surface area contributed by atoms with Crippen molar-refractivity contribution in [2.45, 2.75) is 25.8 Å². The third kappa shape index (κ3) is 6.00. The predicted octanol–water partition coefficient (Wildman–Crippen LogP) is 5.00. The summed E-state index contributed by atoms with van der Waals surface area (Å²) in [5.41, 5.74) is 2.73. The molecule has 38 heavy (non-hydrogen) atoms. The molecule has 7 nitrogen and oxygen atoms in total. The maximum atomic E-state index is 14.1. The fourth-order valence-corrected chi connectivity index (χ4v) is 6.16. The highest BCUT2D eigenvalue weighted by molar-refractivity contribution is 7.10. The second kappa shape index (κ2) is 12.0. The molecule has 0 saturated carbocycles. The monoisotopic (exact) mass is 536 g/mol. The van der Waals surface area contributed by atoms with Crippen LogP contribution in [0.3, 0.4) is 0 Å². The summed E-state index contributed by atoms with van der Waals surface area (Å²) in [5, 5.41) is 5.02. The van der Waals surface area contributed by atoms with Crippen LogP contribution in [0.4, 0.5) is 14.9 Å². The Morgan fingerprint density at radius 2 is 1.82 bits per heavy atom. The van der Waals surface area contributed by atoms with E-state index in [0.717, 1.165) is 29.8 Å². The van der Waals surface area contributed by atoms with Gasteiger partial charge >= 0.3 is 6.03 Å². The van der Waals surface area contributed by atoms with Gasteiger partial charge in [0, 0.05) is 43.3 Å². The number of nitrogens with one attached hydrogen (secondary N) is 1. The zero-order valence-corrected chi connectivity index (χ0v) is 22.4. The number of ether oxygens (including phenoxy) is 1. The first kappa shape index (κ1) is 26.2. The van der Waals surface area contributed by atoms with Crippen molar-refractivity contribution in [3.8, 4) is 5.75 Å². The molecule has 2 aliphatic heterocycles. The number of hydrogen-bond donors (Lipinski definition) is 1. The molecule has 3 amide bonds. The Balaban J connectivity index is 1.20. The molecule has 0 radical (unpaired) electrons. The molecule has 1 N–H and O–H groups in total. The molecule has 2 aromatic carbocycles. The summed E-state index contributed by atoms with van der Waals surface area (Å²) in [7, 11) is 0. The lowest BCUT2D eigenvalue weighted by Gasteiger charge is -2.37. The van der Waals surface area contributed by atoms with Gasteiger partial charge in [0.15, 0.2) is 0 Å². The van der Waals surface area contributed by atoms with Crippen LogP contribution >= 0.6 is 11.3 Å². The van der Waals surface area contributed by atoms with Gasteiger partial charge in [0.2, 0.25) is 5.91 Å². The first-order valence-electron chi connectivity index (χ1n) is 13.1. The number of thiophene rings is 1. The average molecular weight is 537 g/mol. The van der Waals surface area contributed by atoms with Crippen LogP contribution in [0.15, 0.2) is 60.0 Å². The Labute approximate surface area is 226 Å². The number of anilines is 1. The van der Waals surface area contributed by atoms with Crippen LogP contribution in [0.2, 0.25) is 0 Å². The topological polar surface area (TPSA) is 65.1 Å². The summed E-state index contributed by atoms with van der Waals surface area (Å²) >= 11 is 1.72. The van der Waals surface area contributed by atoms with E-state index in [2.05, 4.69) is 21.7 Å². The fourth-order valence-electron chi connectivity index (χ4n) is 5.25. The molecule has 200 valence electrons. The maximum Gasteiger partial charge on any atom is 0.321 e. The number of nitrogens with zero attached hydrogens (tertiary/aromatic N) is 3. The van der Waals surface area contributed by atoms with E-state index in [1.54, 1.807) is 28.4 Å². The van der Waals surface area contributed by atoms with Crippen LogP contribution in [0.25, 0.3) is 0 Å². The van der Waals surface area contributed by atoms with Gasteiger partial charge < -0.3 is 19.9 Å². The van der Waals surface area contributed by atoms with Crippen molar-refractivity contribution in [1.29, 1.82) is 0 Å². The van der Waals surface area contributed by atoms with Gasteiger partial charge in [-0.15, -0.1) is 11.3 Å². The molecule has 1 saturated heterocycles. The smallest absolute Gasteiger partial charge is 0.321 e. The molecule has 0 spiro atoms. The molecule has 1 fully saturated rings. The van der Waals surface area contributed by atoms with Crippen LogP contribution < -0.4 is 10.1 Å². The van der Waals surface area contributed by atoms with E-state index in [9.17, 15) is 14.0 Å². The van der Waals surface area contributed by atoms with Crippen molar-refractivity contribution in [1.82, 2.24) is 14.7 Å². The second-order valence-electron chi connectivity index (χ2n) is 9.59. The molecule has 5 rings (SSSR count). The third-order valence-corrected chi connectivity index (χ3v) is 8.12. The van der Waals surface area contributed by atoms with Crippen molar-refractivity contribution in [3.63, 3.8) is 0 Å². The van der Waals surface area contributed by atoms with Crippen LogP contribution in [-0.2, 0) is 11.2 Å². The lowest BCUT2D eigenvalue weighted by molar-refractivity contribution is -0.132. The first-order chi connectivity index (χ1) is 18.5. The molecule has 3 heterocycles. The molecular weight excluding hydrogens is 503 g/mol. The molecule has 0 unspecified atom stereocenters. The Kier molecular flexibility index (Phi) is 8.24. The fraction of sp³-hybridized carbons (Fsp3) is 0.379. The van der Waals surface area contributed by atoms with Gasteiger partial charge in [-0.1, -0.05) is 12.1 Å². The number of halogens is 1. The van der Waals surface area contributed by atoms with E-state index in [1.807, 2.05) is 42.2 Å². The molecule has 0 aliphatic carbocycles. The van der Waals surface area contributed by atoms with Crippen molar-refractivity contribution in [2.24, 2.45) is 0 Å². The van der Waals surface area contributed by atoms with E-state index in [4.69, 9.17) is 4.74 Å². The van der Waals surface area contributed by atoms with E-state index in [0.29, 0.717) is 44.9 Å². The zero-order valence-electron chi connectivity index (χ0n) is 21.6. The minimum Gasteiger partial charge on any atom is -0.494 e. The van der Waals surface area contributed by atoms with Crippen molar-refractivity contribution in [2.75, 3.05) is 51.2 Å². The van der Waals surface area contributed by atoms with E-state index >= 15 is 0 Å². The summed E-state index contributed by atoms with van der Waals surface area (Å²) in [6.07, 6.45) is 1.59. The molecule has 2 aliphatic rings. The first-order valence-corrected chi connectivity index (χ1v) is 14.0. The number of fused-ring (bicyclic) bond motifs is 1. The molecule has 9 heteroatoms. The summed E-state index contributed by atoms with van der Waals surface area (Å²) in [6, 6.07) is 15.8. The van der Waals surface area contributed by atoms with E-state index in [-0.39, 0.29) is 30.3 Å². The zero-order chi connectivity index (χ0) is 26.5. The largest absolute Gasteiger partial charge is 0.494 e. The Hall–Kier alpha value is -3.43. The van der Waals surface area contributed by atoms with Crippen LogP contribution in [-0.4, -0.2) is 72.5 Å². The number of rotatable bonds is 6. The summed E-state index contributed by atoms with van der Waals surface area (Å²) < 4.78 is 19.6. The van der Waals surface area contributed by atoms with Gasteiger partial charge in [-0.2, -0.15) is 0 Å². The highest BCUT2D eigenvalue weighted by Gasteiger charge is 2.32. The third-order valence-electron chi connectivity index (χ3n) is 7.12. The van der Waals surface area contributed by atoms with Crippen molar-refractivity contribution < 1.29 is 18.7 Å². The van der Waals surface area contributed by atoms with Crippen LogP contribution in [0.5, 0.6) is 5.75 Å². The number of hydrogen-bond acceptors (Lipinski definition) is 5. The highest BCUT2D eigenvalue weighted by Crippen LogP contribution is 2.37. The summed E-state index contributed by atoms with van der Waals surface area (Å²) in [4.78, 5) is 33.4. The van der Waals surface area contributed by atoms with Gasteiger partial charge in [-0.3, -0.25) is 9.69 Å². The van der Waals surface area contributed by atoms with Gasteiger partial charge in [-0.25, -0.2) is 9.18 Å². The Bertz CT molecular complexity index is 1260. The number of carbonyl (C=O) groups is 2. The number of carbonyl (C=O) groups excluding carboxylic acids is 2. The van der Waals surface area contributed by atoms with Gasteiger partial charge in [0.1, 0.15) is 11.6 Å². The number of benzene rings is 2. The average Bonchev–Trinajstić information content (AvgIpc) is 3.25. The molecule has 0 bridgehead atoms. The van der Waals surface area contributed by atoms with E-state index in [1.165, 1.54) is 10.9 Å². The lowest BCUT2D eigenvalue weighted by Crippen LogP contribution is -2.45.